The van der Waals surface area contributed by atoms with E-state index in [0.29, 0.717) is 18.3 Å². The normalized spacial score (nSPS) is 34.6. The van der Waals surface area contributed by atoms with Gasteiger partial charge in [0.15, 0.2) is 0 Å². The molecule has 0 amide bonds. The van der Waals surface area contributed by atoms with Crippen LogP contribution in [-0.4, -0.2) is 5.97 Å². The Bertz CT molecular complexity index is 730. The van der Waals surface area contributed by atoms with Gasteiger partial charge in [-0.25, -0.2) is 0 Å². The van der Waals surface area contributed by atoms with E-state index in [1.54, 1.807) is 11.1 Å². The summed E-state index contributed by atoms with van der Waals surface area (Å²) >= 11 is 0. The van der Waals surface area contributed by atoms with E-state index in [9.17, 15) is 9.90 Å². The second kappa shape index (κ2) is 5.47. The van der Waals surface area contributed by atoms with Gasteiger partial charge < -0.3 is 9.90 Å². The maximum Gasteiger partial charge on any atom is 0.0448 e. The minimum atomic E-state index is -0.861. The van der Waals surface area contributed by atoms with Crippen LogP contribution in [0, 0.1) is 31.1 Å². The maximum atomic E-state index is 11.3. The minimum absolute atomic E-state index is 0.186. The predicted octanol–water partition coefficient (Wildman–Crippen LogP) is 3.84. The number of aliphatic carboxylic acids is 1. The molecule has 1 aromatic rings. The van der Waals surface area contributed by atoms with Crippen molar-refractivity contribution >= 4 is 5.97 Å². The highest BCUT2D eigenvalue weighted by molar-refractivity contribution is 5.68. The summed E-state index contributed by atoms with van der Waals surface area (Å²) in [5.74, 6) is 0.137. The van der Waals surface area contributed by atoms with Crippen LogP contribution in [0.1, 0.15) is 67.2 Å². The summed E-state index contributed by atoms with van der Waals surface area (Å²) in [5, 5.41) is 11.3. The van der Waals surface area contributed by atoms with Gasteiger partial charge in [0.25, 0.3) is 0 Å². The van der Waals surface area contributed by atoms with E-state index < -0.39 is 5.97 Å². The van der Waals surface area contributed by atoms with Crippen molar-refractivity contribution in [3.8, 4) is 0 Å². The zero-order valence-electron chi connectivity index (χ0n) is 15.0. The van der Waals surface area contributed by atoms with E-state index >= 15 is 0 Å². The molecule has 0 aliphatic heterocycles. The summed E-state index contributed by atoms with van der Waals surface area (Å²) in [4.78, 5) is 11.3. The first-order chi connectivity index (χ1) is 11.4. The molecule has 3 aliphatic rings. The zero-order valence-corrected chi connectivity index (χ0v) is 15.0. The molecule has 0 heterocycles. The molecule has 0 spiro atoms. The third kappa shape index (κ3) is 2.18. The number of hydrogen-bond donors (Lipinski definition) is 0. The fourth-order valence-corrected chi connectivity index (χ4v) is 5.79. The fraction of sp³-hybridized carbons (Fsp3) is 0.591. The Morgan fingerprint density at radius 1 is 1.25 bits per heavy atom. The van der Waals surface area contributed by atoms with Crippen molar-refractivity contribution in [1.82, 2.24) is 0 Å². The van der Waals surface area contributed by atoms with E-state index in [1.807, 2.05) is 0 Å². The Labute approximate surface area is 145 Å². The molecule has 0 saturated heterocycles. The first-order valence-electron chi connectivity index (χ1n) is 9.41. The fourth-order valence-electron chi connectivity index (χ4n) is 5.79. The quantitative estimate of drug-likeness (QED) is 0.737. The topological polar surface area (TPSA) is 40.1 Å². The third-order valence-corrected chi connectivity index (χ3v) is 7.48. The molecule has 0 N–H and O–H groups in total. The van der Waals surface area contributed by atoms with Gasteiger partial charge >= 0.3 is 0 Å². The summed E-state index contributed by atoms with van der Waals surface area (Å²) in [6.07, 6.45) is 8.35. The molecule has 2 nitrogen and oxygen atoms in total. The summed E-state index contributed by atoms with van der Waals surface area (Å²) < 4.78 is 0. The molecule has 0 bridgehead atoms. The van der Waals surface area contributed by atoms with Crippen molar-refractivity contribution in [2.75, 3.05) is 0 Å². The van der Waals surface area contributed by atoms with Gasteiger partial charge in [-0.2, -0.15) is 0 Å². The largest absolute Gasteiger partial charge is 0.550 e. The third-order valence-electron chi connectivity index (χ3n) is 7.48. The first kappa shape index (κ1) is 15.9. The van der Waals surface area contributed by atoms with Crippen LogP contribution in [0.4, 0.5) is 0 Å². The molecule has 1 aromatic carbocycles. The number of aryl methyl sites for hydroxylation is 1. The molecule has 4 atom stereocenters. The van der Waals surface area contributed by atoms with Crippen LogP contribution < -0.4 is 5.11 Å². The van der Waals surface area contributed by atoms with Crippen molar-refractivity contribution in [2.45, 2.75) is 65.2 Å². The second-order valence-corrected chi connectivity index (χ2v) is 8.47. The van der Waals surface area contributed by atoms with Crippen LogP contribution in [-0.2, 0) is 11.2 Å². The molecule has 4 rings (SSSR count). The number of hydrogen-bond acceptors (Lipinski definition) is 2. The molecule has 0 radical (unpaired) electrons. The van der Waals surface area contributed by atoms with Crippen molar-refractivity contribution < 1.29 is 9.90 Å². The standard InChI is InChI=1S/C22H28O2/c1-13-4-6-18-17(14(13)2)8-9-20-19(18)7-5-16-12-15(21(23)24)10-11-22(16,20)3/h4-6,15,19-20H,7-12H2,1-3H3,(H,23,24)/p-1/t15-,19-,20+,22-/m0/s1. The van der Waals surface area contributed by atoms with Gasteiger partial charge in [0.2, 0.25) is 0 Å². The van der Waals surface area contributed by atoms with Gasteiger partial charge in [-0.05, 0) is 91.9 Å². The summed E-state index contributed by atoms with van der Waals surface area (Å²) in [5.41, 5.74) is 7.61. The van der Waals surface area contributed by atoms with Gasteiger partial charge in [-0.3, -0.25) is 0 Å². The van der Waals surface area contributed by atoms with E-state index in [-0.39, 0.29) is 11.3 Å². The van der Waals surface area contributed by atoms with Crippen LogP contribution in [0.15, 0.2) is 23.8 Å². The molecule has 0 aromatic heterocycles. The maximum absolute atomic E-state index is 11.3. The number of carboxylic acid groups (broad SMARTS) is 1. The van der Waals surface area contributed by atoms with E-state index in [4.69, 9.17) is 0 Å². The molecule has 0 unspecified atom stereocenters. The van der Waals surface area contributed by atoms with Gasteiger partial charge in [-0.1, -0.05) is 30.7 Å². The highest BCUT2D eigenvalue weighted by Gasteiger charge is 2.48. The van der Waals surface area contributed by atoms with Gasteiger partial charge in [-0.15, -0.1) is 0 Å². The molecular weight excluding hydrogens is 296 g/mol. The monoisotopic (exact) mass is 323 g/mol. The lowest BCUT2D eigenvalue weighted by Gasteiger charge is -2.53. The highest BCUT2D eigenvalue weighted by Crippen LogP contribution is 2.59. The Morgan fingerprint density at radius 2 is 2.04 bits per heavy atom. The molecular formula is C22H27O2-. The average Bonchev–Trinajstić information content (AvgIpc) is 2.56. The molecule has 2 heteroatoms. The number of benzene rings is 1. The number of rotatable bonds is 1. The van der Waals surface area contributed by atoms with Gasteiger partial charge in [0, 0.05) is 11.9 Å². The van der Waals surface area contributed by atoms with Crippen LogP contribution in [0.25, 0.3) is 0 Å². The summed E-state index contributed by atoms with van der Waals surface area (Å²) in [7, 11) is 0. The second-order valence-electron chi connectivity index (χ2n) is 8.47. The van der Waals surface area contributed by atoms with Crippen LogP contribution >= 0.6 is 0 Å². The smallest absolute Gasteiger partial charge is 0.0448 e. The summed E-state index contributed by atoms with van der Waals surface area (Å²) in [6, 6.07) is 4.65. The van der Waals surface area contributed by atoms with Crippen LogP contribution in [0.2, 0.25) is 0 Å². The van der Waals surface area contributed by atoms with Crippen LogP contribution in [0.3, 0.4) is 0 Å². The Hall–Kier alpha value is -1.57. The number of allylic oxidation sites excluding steroid dienone is 2. The van der Waals surface area contributed by atoms with E-state index in [2.05, 4.69) is 39.0 Å². The number of carboxylic acids is 1. The molecule has 1 saturated carbocycles. The zero-order chi connectivity index (χ0) is 17.1. The van der Waals surface area contributed by atoms with Gasteiger partial charge in [0.05, 0.1) is 0 Å². The Balaban J connectivity index is 1.72. The Morgan fingerprint density at radius 3 is 2.79 bits per heavy atom. The van der Waals surface area contributed by atoms with Crippen molar-refractivity contribution in [1.29, 1.82) is 0 Å². The molecule has 128 valence electrons. The molecule has 1 fully saturated rings. The number of fused-ring (bicyclic) bond motifs is 5. The Kier molecular flexibility index (Phi) is 3.63. The van der Waals surface area contributed by atoms with Crippen molar-refractivity contribution in [2.24, 2.45) is 17.3 Å². The van der Waals surface area contributed by atoms with Crippen molar-refractivity contribution in [3.05, 3.63) is 46.0 Å². The molecule has 3 aliphatic carbocycles. The SMILES string of the molecule is Cc1ccc2c(c1C)CC[C@@H]1[C@H]2CC=C2C[C@@H](C(=O)[O-])CC[C@@]21C. The summed E-state index contributed by atoms with van der Waals surface area (Å²) in [6.45, 7) is 6.88. The predicted molar refractivity (Wildman–Crippen MR) is 93.6 cm³/mol. The molecule has 24 heavy (non-hydrogen) atoms. The first-order valence-corrected chi connectivity index (χ1v) is 9.41. The van der Waals surface area contributed by atoms with Crippen molar-refractivity contribution in [3.63, 3.8) is 0 Å². The van der Waals surface area contributed by atoms with E-state index in [1.165, 1.54) is 29.5 Å². The van der Waals surface area contributed by atoms with Gasteiger partial charge in [0.1, 0.15) is 0 Å². The lowest BCUT2D eigenvalue weighted by molar-refractivity contribution is -0.312. The highest BCUT2D eigenvalue weighted by atomic mass is 16.4. The number of carbonyl (C=O) groups excluding carboxylic acids is 1. The lowest BCUT2D eigenvalue weighted by Crippen LogP contribution is -2.45. The van der Waals surface area contributed by atoms with Crippen LogP contribution in [0.5, 0.6) is 0 Å². The lowest BCUT2D eigenvalue weighted by atomic mass is 9.52. The minimum Gasteiger partial charge on any atom is -0.550 e. The number of carbonyl (C=O) groups is 1. The average molecular weight is 323 g/mol. The van der Waals surface area contributed by atoms with E-state index in [0.717, 1.165) is 19.3 Å².